The smallest absolute Gasteiger partial charge is 0.289 e. The molecule has 2 aliphatic rings. The number of piperidine rings is 1. The minimum Gasteiger partial charge on any atom is -0.496 e. The van der Waals surface area contributed by atoms with Crippen molar-refractivity contribution in [2.45, 2.75) is 38.1 Å². The van der Waals surface area contributed by atoms with Gasteiger partial charge in [-0.3, -0.25) is 9.69 Å². The van der Waals surface area contributed by atoms with E-state index in [1.54, 1.807) is 7.11 Å². The second kappa shape index (κ2) is 8.17. The molecule has 4 rings (SSSR count). The molecule has 2 aromatic rings. The molecular weight excluding hydrogens is 340 g/mol. The number of carbonyl (C=O) groups is 1. The summed E-state index contributed by atoms with van der Waals surface area (Å²) in [5, 5.41) is 0. The molecule has 0 aliphatic carbocycles. The van der Waals surface area contributed by atoms with E-state index in [4.69, 9.17) is 9.15 Å². The topological polar surface area (TPSA) is 45.9 Å². The molecule has 2 aliphatic heterocycles. The van der Waals surface area contributed by atoms with Gasteiger partial charge in [-0.05, 0) is 68.5 Å². The molecule has 0 N–H and O–H groups in total. The van der Waals surface area contributed by atoms with E-state index >= 15 is 0 Å². The highest BCUT2D eigenvalue weighted by Gasteiger charge is 2.27. The van der Waals surface area contributed by atoms with Crippen LogP contribution in [0.2, 0.25) is 0 Å². The number of hydrogen-bond donors (Lipinski definition) is 0. The summed E-state index contributed by atoms with van der Waals surface area (Å²) in [5.41, 5.74) is 1.25. The van der Waals surface area contributed by atoms with Crippen LogP contribution in [-0.4, -0.2) is 49.0 Å². The van der Waals surface area contributed by atoms with Crippen LogP contribution in [0.4, 0.5) is 0 Å². The molecule has 1 aromatic carbocycles. The van der Waals surface area contributed by atoms with Gasteiger partial charge < -0.3 is 14.1 Å². The molecule has 2 saturated heterocycles. The van der Waals surface area contributed by atoms with Crippen molar-refractivity contribution in [2.24, 2.45) is 0 Å². The highest BCUT2D eigenvalue weighted by atomic mass is 16.5. The molecule has 27 heavy (non-hydrogen) atoms. The first-order valence-electron chi connectivity index (χ1n) is 9.98. The Hall–Kier alpha value is -2.27. The highest BCUT2D eigenvalue weighted by molar-refractivity contribution is 5.91. The van der Waals surface area contributed by atoms with Gasteiger partial charge in [-0.15, -0.1) is 0 Å². The molecule has 1 aromatic heterocycles. The van der Waals surface area contributed by atoms with Crippen LogP contribution < -0.4 is 4.74 Å². The number of ether oxygens (including phenoxy) is 1. The largest absolute Gasteiger partial charge is 0.496 e. The number of methoxy groups -OCH3 is 1. The molecule has 0 spiro atoms. The van der Waals surface area contributed by atoms with Gasteiger partial charge in [0, 0.05) is 13.1 Å². The number of likely N-dealkylation sites (tertiary alicyclic amines) is 2. The number of furan rings is 1. The summed E-state index contributed by atoms with van der Waals surface area (Å²) in [6.07, 6.45) is 4.42. The molecule has 2 fully saturated rings. The minimum absolute atomic E-state index is 0.0150. The molecule has 5 heteroatoms. The first-order chi connectivity index (χ1) is 13.2. The molecular formula is C22H28N2O3. The zero-order chi connectivity index (χ0) is 18.6. The zero-order valence-electron chi connectivity index (χ0n) is 16.0. The summed E-state index contributed by atoms with van der Waals surface area (Å²) in [6, 6.07) is 12.0. The van der Waals surface area contributed by atoms with Crippen LogP contribution in [0.1, 0.15) is 53.5 Å². The SMILES string of the molecule is COc1ccccc1C1CCN(C(=O)c2ccc(CN3CCCC3)o2)CC1. The van der Waals surface area contributed by atoms with E-state index < -0.39 is 0 Å². The quantitative estimate of drug-likeness (QED) is 0.803. The summed E-state index contributed by atoms with van der Waals surface area (Å²) in [5.74, 6) is 2.76. The van der Waals surface area contributed by atoms with Crippen molar-refractivity contribution < 1.29 is 13.9 Å². The third-order valence-electron chi connectivity index (χ3n) is 5.81. The lowest BCUT2D eigenvalue weighted by Crippen LogP contribution is -2.37. The molecule has 0 atom stereocenters. The maximum atomic E-state index is 12.8. The molecule has 3 heterocycles. The Labute approximate surface area is 160 Å². The van der Waals surface area contributed by atoms with E-state index in [-0.39, 0.29) is 5.91 Å². The molecule has 0 bridgehead atoms. The van der Waals surface area contributed by atoms with Crippen LogP contribution >= 0.6 is 0 Å². The Balaban J connectivity index is 1.35. The number of rotatable bonds is 5. The van der Waals surface area contributed by atoms with Crippen LogP contribution in [0.15, 0.2) is 40.8 Å². The van der Waals surface area contributed by atoms with Gasteiger partial charge in [-0.2, -0.15) is 0 Å². The lowest BCUT2D eigenvalue weighted by molar-refractivity contribution is 0.0677. The molecule has 0 unspecified atom stereocenters. The van der Waals surface area contributed by atoms with E-state index in [0.29, 0.717) is 11.7 Å². The maximum absolute atomic E-state index is 12.8. The van der Waals surface area contributed by atoms with Crippen LogP contribution in [-0.2, 0) is 6.54 Å². The van der Waals surface area contributed by atoms with Crippen LogP contribution in [0.25, 0.3) is 0 Å². The minimum atomic E-state index is 0.0150. The van der Waals surface area contributed by atoms with Crippen molar-refractivity contribution in [3.8, 4) is 5.75 Å². The summed E-state index contributed by atoms with van der Waals surface area (Å²) in [4.78, 5) is 17.1. The Morgan fingerprint density at radius 3 is 2.56 bits per heavy atom. The number of carbonyl (C=O) groups excluding carboxylic acids is 1. The van der Waals surface area contributed by atoms with Crippen molar-refractivity contribution in [2.75, 3.05) is 33.3 Å². The van der Waals surface area contributed by atoms with Gasteiger partial charge >= 0.3 is 0 Å². The Morgan fingerprint density at radius 2 is 1.81 bits per heavy atom. The number of nitrogens with zero attached hydrogens (tertiary/aromatic N) is 2. The lowest BCUT2D eigenvalue weighted by Gasteiger charge is -2.32. The Bertz CT molecular complexity index is 771. The highest BCUT2D eigenvalue weighted by Crippen LogP contribution is 2.34. The summed E-state index contributed by atoms with van der Waals surface area (Å²) >= 11 is 0. The third-order valence-corrected chi connectivity index (χ3v) is 5.81. The van der Waals surface area contributed by atoms with Gasteiger partial charge in [0.25, 0.3) is 5.91 Å². The molecule has 1 amide bonds. The number of amides is 1. The van der Waals surface area contributed by atoms with Gasteiger partial charge in [0.2, 0.25) is 0 Å². The summed E-state index contributed by atoms with van der Waals surface area (Å²) < 4.78 is 11.4. The fourth-order valence-corrected chi connectivity index (χ4v) is 4.29. The molecule has 5 nitrogen and oxygen atoms in total. The van der Waals surface area contributed by atoms with Crippen LogP contribution in [0.5, 0.6) is 5.75 Å². The van der Waals surface area contributed by atoms with E-state index in [1.165, 1.54) is 18.4 Å². The van der Waals surface area contributed by atoms with Gasteiger partial charge in [-0.1, -0.05) is 18.2 Å². The predicted molar refractivity (Wildman–Crippen MR) is 104 cm³/mol. The predicted octanol–water partition coefficient (Wildman–Crippen LogP) is 3.90. The standard InChI is InChI=1S/C22H28N2O3/c1-26-20-7-3-2-6-19(20)17-10-14-24(15-11-17)22(25)21-9-8-18(27-21)16-23-12-4-5-13-23/h2-3,6-9,17H,4-5,10-16H2,1H3. The van der Waals surface area contributed by atoms with Gasteiger partial charge in [-0.25, -0.2) is 0 Å². The van der Waals surface area contributed by atoms with E-state index in [2.05, 4.69) is 17.0 Å². The average Bonchev–Trinajstić information content (AvgIpc) is 3.40. The third kappa shape index (κ3) is 4.03. The maximum Gasteiger partial charge on any atom is 0.289 e. The van der Waals surface area contributed by atoms with Crippen molar-refractivity contribution >= 4 is 5.91 Å². The fraction of sp³-hybridized carbons (Fsp3) is 0.500. The summed E-state index contributed by atoms with van der Waals surface area (Å²) in [6.45, 7) is 4.57. The van der Waals surface area contributed by atoms with Gasteiger partial charge in [0.15, 0.2) is 5.76 Å². The Kier molecular flexibility index (Phi) is 5.48. The number of benzene rings is 1. The summed E-state index contributed by atoms with van der Waals surface area (Å²) in [7, 11) is 1.72. The number of hydrogen-bond acceptors (Lipinski definition) is 4. The van der Waals surface area contributed by atoms with E-state index in [1.807, 2.05) is 29.2 Å². The number of para-hydroxylation sites is 1. The zero-order valence-corrected chi connectivity index (χ0v) is 16.0. The Morgan fingerprint density at radius 1 is 1.07 bits per heavy atom. The molecule has 0 radical (unpaired) electrons. The fourth-order valence-electron chi connectivity index (χ4n) is 4.29. The van der Waals surface area contributed by atoms with Crippen LogP contribution in [0.3, 0.4) is 0 Å². The van der Waals surface area contributed by atoms with Crippen molar-refractivity contribution in [3.05, 3.63) is 53.5 Å². The van der Waals surface area contributed by atoms with Gasteiger partial charge in [0.05, 0.1) is 13.7 Å². The lowest BCUT2D eigenvalue weighted by atomic mass is 9.88. The molecule has 144 valence electrons. The van der Waals surface area contributed by atoms with Crippen LogP contribution in [0, 0.1) is 0 Å². The first kappa shape index (κ1) is 18.1. The molecule has 0 saturated carbocycles. The van der Waals surface area contributed by atoms with E-state index in [9.17, 15) is 4.79 Å². The second-order valence-corrected chi connectivity index (χ2v) is 7.56. The van der Waals surface area contributed by atoms with Gasteiger partial charge in [0.1, 0.15) is 11.5 Å². The van der Waals surface area contributed by atoms with Crippen molar-refractivity contribution in [1.29, 1.82) is 0 Å². The second-order valence-electron chi connectivity index (χ2n) is 7.56. The van der Waals surface area contributed by atoms with Crippen molar-refractivity contribution in [3.63, 3.8) is 0 Å². The normalized spacial score (nSPS) is 18.8. The van der Waals surface area contributed by atoms with Crippen molar-refractivity contribution in [1.82, 2.24) is 9.80 Å². The average molecular weight is 368 g/mol. The van der Waals surface area contributed by atoms with E-state index in [0.717, 1.165) is 57.1 Å². The first-order valence-corrected chi connectivity index (χ1v) is 9.98. The monoisotopic (exact) mass is 368 g/mol.